The van der Waals surface area contributed by atoms with Gasteiger partial charge in [-0.3, -0.25) is 4.79 Å². The van der Waals surface area contributed by atoms with Crippen molar-refractivity contribution in [2.24, 2.45) is 11.8 Å². The van der Waals surface area contributed by atoms with E-state index in [2.05, 4.69) is 32.9 Å². The van der Waals surface area contributed by atoms with Crippen LogP contribution in [0, 0.1) is 11.8 Å². The molecule has 0 radical (unpaired) electrons. The van der Waals surface area contributed by atoms with E-state index in [0.717, 1.165) is 18.4 Å². The van der Waals surface area contributed by atoms with Crippen LogP contribution in [0.4, 0.5) is 0 Å². The van der Waals surface area contributed by atoms with Crippen molar-refractivity contribution >= 4 is 5.78 Å². The normalized spacial score (nSPS) is 16.4. The molecule has 0 rings (SSSR count). The lowest BCUT2D eigenvalue weighted by Gasteiger charge is -2.08. The summed E-state index contributed by atoms with van der Waals surface area (Å²) in [6.45, 7) is 10.4. The molecule has 0 aromatic rings. The fraction of sp³-hybridized carbons (Fsp3) is 0.667. The Morgan fingerprint density at radius 3 is 2.44 bits per heavy atom. The molecule has 0 aromatic heterocycles. The monoisotopic (exact) mass is 222 g/mol. The van der Waals surface area contributed by atoms with Crippen LogP contribution < -0.4 is 0 Å². The molecule has 0 aliphatic heterocycles. The molecular formula is C15H26O. The quantitative estimate of drug-likeness (QED) is 0.456. The average Bonchev–Trinajstić information content (AvgIpc) is 2.25. The smallest absolute Gasteiger partial charge is 0.158 e. The first-order valence-corrected chi connectivity index (χ1v) is 6.35. The van der Waals surface area contributed by atoms with E-state index in [-0.39, 0.29) is 0 Å². The van der Waals surface area contributed by atoms with E-state index in [1.165, 1.54) is 0 Å². The molecule has 0 amide bonds. The highest BCUT2D eigenvalue weighted by molar-refractivity contribution is 5.94. The molecule has 0 N–H and O–H groups in total. The molecule has 0 aromatic carbocycles. The van der Waals surface area contributed by atoms with Crippen LogP contribution in [0.5, 0.6) is 0 Å². The van der Waals surface area contributed by atoms with Gasteiger partial charge in [0.25, 0.3) is 0 Å². The van der Waals surface area contributed by atoms with Crippen molar-refractivity contribution in [2.45, 2.75) is 53.9 Å². The third-order valence-electron chi connectivity index (χ3n) is 3.01. The second-order valence-corrected chi connectivity index (χ2v) is 4.71. The number of rotatable bonds is 7. The molecular weight excluding hydrogens is 196 g/mol. The molecule has 0 bridgehead atoms. The molecule has 1 heteroatoms. The van der Waals surface area contributed by atoms with Crippen molar-refractivity contribution < 1.29 is 4.79 Å². The zero-order valence-corrected chi connectivity index (χ0v) is 11.4. The van der Waals surface area contributed by atoms with Gasteiger partial charge in [-0.25, -0.2) is 0 Å². The van der Waals surface area contributed by atoms with Crippen LogP contribution in [0.1, 0.15) is 53.9 Å². The lowest BCUT2D eigenvalue weighted by molar-refractivity contribution is -0.115. The van der Waals surface area contributed by atoms with E-state index in [1.54, 1.807) is 0 Å². The summed E-state index contributed by atoms with van der Waals surface area (Å²) in [6.07, 6.45) is 9.05. The van der Waals surface area contributed by atoms with Crippen molar-refractivity contribution in [1.29, 1.82) is 0 Å². The lowest BCUT2D eigenvalue weighted by atomic mass is 9.97. The summed E-state index contributed by atoms with van der Waals surface area (Å²) in [5.41, 5.74) is 0.911. The molecule has 0 saturated carbocycles. The molecule has 0 spiro atoms. The summed E-state index contributed by atoms with van der Waals surface area (Å²) in [4.78, 5) is 11.8. The molecule has 1 nitrogen and oxygen atoms in total. The Morgan fingerprint density at radius 2 is 1.94 bits per heavy atom. The van der Waals surface area contributed by atoms with Gasteiger partial charge < -0.3 is 0 Å². The second-order valence-electron chi connectivity index (χ2n) is 4.71. The average molecular weight is 222 g/mol. The molecule has 0 aliphatic carbocycles. The van der Waals surface area contributed by atoms with Gasteiger partial charge in [-0.05, 0) is 37.7 Å². The predicted molar refractivity (Wildman–Crippen MR) is 71.4 cm³/mol. The third-order valence-corrected chi connectivity index (χ3v) is 3.01. The molecule has 0 saturated heterocycles. The zero-order valence-electron chi connectivity index (χ0n) is 11.4. The maximum atomic E-state index is 11.8. The Morgan fingerprint density at radius 1 is 1.31 bits per heavy atom. The zero-order chi connectivity index (χ0) is 12.6. The fourth-order valence-corrected chi connectivity index (χ4v) is 1.63. The van der Waals surface area contributed by atoms with E-state index >= 15 is 0 Å². The summed E-state index contributed by atoms with van der Waals surface area (Å²) < 4.78 is 0. The van der Waals surface area contributed by atoms with Crippen LogP contribution in [0.15, 0.2) is 23.8 Å². The highest BCUT2D eigenvalue weighted by atomic mass is 16.1. The van der Waals surface area contributed by atoms with Crippen LogP contribution in [0.3, 0.4) is 0 Å². The van der Waals surface area contributed by atoms with E-state index in [9.17, 15) is 4.79 Å². The number of carbonyl (C=O) groups excluding carboxylic acids is 1. The Bertz CT molecular complexity index is 261. The molecule has 0 heterocycles. The number of carbonyl (C=O) groups is 1. The molecule has 0 fully saturated rings. The Balaban J connectivity index is 4.17. The highest BCUT2D eigenvalue weighted by Crippen LogP contribution is 2.13. The van der Waals surface area contributed by atoms with Gasteiger partial charge in [-0.2, -0.15) is 0 Å². The number of allylic oxidation sites excluding steroid dienone is 4. The highest BCUT2D eigenvalue weighted by Gasteiger charge is 2.07. The minimum absolute atomic E-state index is 0.302. The Labute approximate surface area is 101 Å². The number of ketones is 1. The number of hydrogen-bond donors (Lipinski definition) is 0. The maximum Gasteiger partial charge on any atom is 0.158 e. The summed E-state index contributed by atoms with van der Waals surface area (Å²) >= 11 is 0. The number of Topliss-reactive ketones (excluding diaryl/α,β-unsaturated/α-hetero) is 1. The van der Waals surface area contributed by atoms with E-state index < -0.39 is 0 Å². The van der Waals surface area contributed by atoms with Gasteiger partial charge in [0.1, 0.15) is 0 Å². The number of hydrogen-bond acceptors (Lipinski definition) is 1. The SMILES string of the molecule is CC=CC(C)C=C(C)C(=O)CCC(C)CC. The van der Waals surface area contributed by atoms with Crippen molar-refractivity contribution in [1.82, 2.24) is 0 Å². The summed E-state index contributed by atoms with van der Waals surface area (Å²) in [6, 6.07) is 0. The van der Waals surface area contributed by atoms with Crippen molar-refractivity contribution in [2.75, 3.05) is 0 Å². The van der Waals surface area contributed by atoms with E-state index in [1.807, 2.05) is 19.9 Å². The standard InChI is InChI=1S/C15H26O/c1-6-8-13(4)11-14(5)15(16)10-9-12(3)7-2/h6,8,11-13H,7,9-10H2,1-5H3. The largest absolute Gasteiger partial charge is 0.295 e. The molecule has 0 aliphatic rings. The molecule has 2 atom stereocenters. The maximum absolute atomic E-state index is 11.8. The Hall–Kier alpha value is -0.850. The summed E-state index contributed by atoms with van der Waals surface area (Å²) in [5.74, 6) is 1.32. The molecule has 92 valence electrons. The van der Waals surface area contributed by atoms with Crippen LogP contribution in [0.2, 0.25) is 0 Å². The summed E-state index contributed by atoms with van der Waals surface area (Å²) in [7, 11) is 0. The first kappa shape index (κ1) is 15.2. The van der Waals surface area contributed by atoms with Crippen molar-refractivity contribution in [3.8, 4) is 0 Å². The summed E-state index contributed by atoms with van der Waals surface area (Å²) in [5, 5.41) is 0. The fourth-order valence-electron chi connectivity index (χ4n) is 1.63. The first-order chi connectivity index (χ1) is 7.51. The topological polar surface area (TPSA) is 17.1 Å². The van der Waals surface area contributed by atoms with E-state index in [0.29, 0.717) is 24.0 Å². The minimum Gasteiger partial charge on any atom is -0.295 e. The van der Waals surface area contributed by atoms with E-state index in [4.69, 9.17) is 0 Å². The molecule has 2 unspecified atom stereocenters. The second kappa shape index (κ2) is 8.32. The van der Waals surface area contributed by atoms with Crippen LogP contribution >= 0.6 is 0 Å². The lowest BCUT2D eigenvalue weighted by Crippen LogP contribution is -2.04. The van der Waals surface area contributed by atoms with Crippen LogP contribution in [0.25, 0.3) is 0 Å². The van der Waals surface area contributed by atoms with Gasteiger partial charge >= 0.3 is 0 Å². The van der Waals surface area contributed by atoms with Crippen molar-refractivity contribution in [3.63, 3.8) is 0 Å². The Kier molecular flexibility index (Phi) is 7.88. The van der Waals surface area contributed by atoms with Gasteiger partial charge in [0.05, 0.1) is 0 Å². The van der Waals surface area contributed by atoms with Crippen molar-refractivity contribution in [3.05, 3.63) is 23.8 Å². The van der Waals surface area contributed by atoms with Gasteiger partial charge in [-0.1, -0.05) is 45.4 Å². The first-order valence-electron chi connectivity index (χ1n) is 6.35. The van der Waals surface area contributed by atoms with Crippen LogP contribution in [-0.2, 0) is 4.79 Å². The van der Waals surface area contributed by atoms with Gasteiger partial charge in [0.2, 0.25) is 0 Å². The van der Waals surface area contributed by atoms with Crippen LogP contribution in [-0.4, -0.2) is 5.78 Å². The van der Waals surface area contributed by atoms with Gasteiger partial charge in [0, 0.05) is 6.42 Å². The van der Waals surface area contributed by atoms with Gasteiger partial charge in [-0.15, -0.1) is 0 Å². The molecule has 16 heavy (non-hydrogen) atoms. The van der Waals surface area contributed by atoms with Gasteiger partial charge in [0.15, 0.2) is 5.78 Å². The third kappa shape index (κ3) is 6.60. The minimum atomic E-state index is 0.302. The predicted octanol–water partition coefficient (Wildman–Crippen LogP) is 4.54.